The van der Waals surface area contributed by atoms with Crippen LogP contribution in [0.1, 0.15) is 57.5 Å². The van der Waals surface area contributed by atoms with Crippen molar-refractivity contribution < 1.29 is 24.1 Å². The molecule has 0 bridgehead atoms. The van der Waals surface area contributed by atoms with Crippen LogP contribution in [0.3, 0.4) is 0 Å². The van der Waals surface area contributed by atoms with Gasteiger partial charge in [-0.25, -0.2) is 0 Å². The largest absolute Gasteiger partial charge is 0.363 e. The highest BCUT2D eigenvalue weighted by molar-refractivity contribution is 6.39. The Bertz CT molecular complexity index is 1280. The highest BCUT2D eigenvalue weighted by Crippen LogP contribution is 2.32. The molecule has 2 aromatic carbocycles. The van der Waals surface area contributed by atoms with Crippen LogP contribution in [-0.4, -0.2) is 73.5 Å². The second-order valence-corrected chi connectivity index (χ2v) is 10.6. The first-order chi connectivity index (χ1) is 18.3. The number of benzene rings is 2. The number of piperazine rings is 1. The topological polar surface area (TPSA) is 88.3 Å². The number of fused-ring (bicyclic) bond motifs is 1. The normalized spacial score (nSPS) is 22.5. The van der Waals surface area contributed by atoms with Crippen LogP contribution in [0, 0.1) is 12.8 Å². The molecule has 0 atom stereocenters. The first-order valence-electron chi connectivity index (χ1n) is 13.4. The van der Waals surface area contributed by atoms with Gasteiger partial charge in [-0.3, -0.25) is 24.2 Å². The van der Waals surface area contributed by atoms with Gasteiger partial charge in [0.2, 0.25) is 0 Å². The van der Waals surface area contributed by atoms with Gasteiger partial charge in [-0.15, -0.1) is 0 Å². The van der Waals surface area contributed by atoms with Crippen LogP contribution < -0.4 is 4.90 Å². The third kappa shape index (κ3) is 5.16. The Kier molecular flexibility index (Phi) is 7.47. The average Bonchev–Trinajstić information content (AvgIpc) is 3.17. The molecule has 2 fully saturated rings. The minimum Gasteiger partial charge on any atom is -0.363 e. The Morgan fingerprint density at radius 2 is 1.50 bits per heavy atom. The fourth-order valence-electron chi connectivity index (χ4n) is 5.78. The van der Waals surface area contributed by atoms with Crippen LogP contribution in [0.2, 0.25) is 0 Å². The maximum absolute atomic E-state index is 12.8. The molecule has 38 heavy (non-hydrogen) atoms. The molecular formula is C31H34N3O4+. The summed E-state index contributed by atoms with van der Waals surface area (Å²) in [6, 6.07) is 15.1. The van der Waals surface area contributed by atoms with Gasteiger partial charge in [-0.05, 0) is 25.3 Å². The van der Waals surface area contributed by atoms with Crippen LogP contribution in [0.25, 0.3) is 0 Å². The highest BCUT2D eigenvalue weighted by Gasteiger charge is 2.37. The van der Waals surface area contributed by atoms with E-state index in [1.165, 1.54) is 4.90 Å². The molecule has 2 aliphatic carbocycles. The van der Waals surface area contributed by atoms with E-state index in [2.05, 4.69) is 9.89 Å². The van der Waals surface area contributed by atoms with Crippen LogP contribution in [0.15, 0.2) is 64.8 Å². The molecule has 1 N–H and O–H groups in total. The van der Waals surface area contributed by atoms with E-state index in [9.17, 15) is 19.2 Å². The molecule has 196 valence electrons. The molecule has 7 nitrogen and oxygen atoms in total. The van der Waals surface area contributed by atoms with Gasteiger partial charge in [0.25, 0.3) is 0 Å². The molecule has 1 heterocycles. The number of carbonyl (C=O) groups excluding carboxylic acids is 4. The van der Waals surface area contributed by atoms with E-state index in [1.54, 1.807) is 30.5 Å². The van der Waals surface area contributed by atoms with Crippen molar-refractivity contribution in [2.45, 2.75) is 32.6 Å². The molecule has 0 spiro atoms. The van der Waals surface area contributed by atoms with Crippen molar-refractivity contribution in [1.82, 2.24) is 4.90 Å². The highest BCUT2D eigenvalue weighted by atomic mass is 16.2. The van der Waals surface area contributed by atoms with Crippen LogP contribution in [-0.2, 0) is 9.59 Å². The second-order valence-electron chi connectivity index (χ2n) is 10.6. The molecule has 1 aliphatic heterocycles. The number of ketones is 4. The first kappa shape index (κ1) is 25.9. The van der Waals surface area contributed by atoms with Crippen molar-refractivity contribution in [3.05, 3.63) is 82.1 Å². The maximum atomic E-state index is 12.8. The van der Waals surface area contributed by atoms with E-state index >= 15 is 0 Å². The lowest BCUT2D eigenvalue weighted by Crippen LogP contribution is -3.15. The van der Waals surface area contributed by atoms with Crippen LogP contribution in [0.4, 0.5) is 0 Å². The zero-order valence-electron chi connectivity index (χ0n) is 22.0. The van der Waals surface area contributed by atoms with Crippen LogP contribution >= 0.6 is 0 Å². The molecule has 0 unspecified atom stereocenters. The van der Waals surface area contributed by atoms with Gasteiger partial charge in [-0.2, -0.15) is 0 Å². The predicted molar refractivity (Wildman–Crippen MR) is 145 cm³/mol. The number of allylic oxidation sites excluding steroid dienone is 2. The van der Waals surface area contributed by atoms with Crippen molar-refractivity contribution in [1.29, 1.82) is 0 Å². The number of carbonyl (C=O) groups is 4. The SMILES string of the molecule is CC(=C1C(=O)c2ccccc2C1=O)N1CC[NH+](CCN=CC2C(=O)CC(c3ccc(C)cc3)CC2=O)CC1. The minimum absolute atomic E-state index is 0.0385. The van der Waals surface area contributed by atoms with Crippen molar-refractivity contribution >= 4 is 29.3 Å². The Balaban J connectivity index is 1.10. The fourth-order valence-corrected chi connectivity index (χ4v) is 5.78. The molecule has 0 radical (unpaired) electrons. The van der Waals surface area contributed by atoms with Gasteiger partial charge in [0.05, 0.1) is 44.8 Å². The summed E-state index contributed by atoms with van der Waals surface area (Å²) in [5.41, 5.74) is 4.25. The molecule has 2 aromatic rings. The Morgan fingerprint density at radius 3 is 2.08 bits per heavy atom. The van der Waals surface area contributed by atoms with E-state index < -0.39 is 5.92 Å². The average molecular weight is 513 g/mol. The minimum atomic E-state index is -0.719. The van der Waals surface area contributed by atoms with Gasteiger partial charge < -0.3 is 9.80 Å². The number of aryl methyl sites for hydroxylation is 1. The zero-order valence-corrected chi connectivity index (χ0v) is 22.0. The number of nitrogens with one attached hydrogen (secondary N) is 1. The lowest BCUT2D eigenvalue weighted by atomic mass is 9.77. The molecule has 1 saturated heterocycles. The summed E-state index contributed by atoms with van der Waals surface area (Å²) < 4.78 is 0. The van der Waals surface area contributed by atoms with E-state index in [0.717, 1.165) is 49.5 Å². The van der Waals surface area contributed by atoms with Crippen molar-refractivity contribution in [3.63, 3.8) is 0 Å². The molecule has 7 heteroatoms. The first-order valence-corrected chi connectivity index (χ1v) is 13.4. The Hall–Kier alpha value is -3.71. The maximum Gasteiger partial charge on any atom is 0.199 e. The zero-order chi connectivity index (χ0) is 26.8. The number of Topliss-reactive ketones (excluding diaryl/α,β-unsaturated/α-hetero) is 4. The quantitative estimate of drug-likeness (QED) is 0.278. The summed E-state index contributed by atoms with van der Waals surface area (Å²) in [5.74, 6) is -1.20. The van der Waals surface area contributed by atoms with E-state index in [4.69, 9.17) is 0 Å². The van der Waals surface area contributed by atoms with Gasteiger partial charge in [0.1, 0.15) is 17.5 Å². The fraction of sp³-hybridized carbons (Fsp3) is 0.387. The molecular weight excluding hydrogens is 478 g/mol. The molecule has 1 saturated carbocycles. The Morgan fingerprint density at radius 1 is 0.921 bits per heavy atom. The van der Waals surface area contributed by atoms with E-state index in [0.29, 0.717) is 36.1 Å². The number of hydrogen-bond acceptors (Lipinski definition) is 6. The smallest absolute Gasteiger partial charge is 0.199 e. The van der Waals surface area contributed by atoms with Crippen LogP contribution in [0.5, 0.6) is 0 Å². The van der Waals surface area contributed by atoms with Crippen molar-refractivity contribution in [2.75, 3.05) is 39.3 Å². The molecule has 3 aliphatic rings. The molecule has 0 aromatic heterocycles. The standard InChI is InChI=1S/C31H33N3O4/c1-20-7-9-22(10-8-20)23-17-27(35)26(28(36)18-23)19-32-11-12-33-13-15-34(16-14-33)21(2)29-30(37)24-5-3-4-6-25(24)31(29)38/h3-10,19,23,26H,11-18H2,1-2H3/p+1. The summed E-state index contributed by atoms with van der Waals surface area (Å²) in [5, 5.41) is 0. The monoisotopic (exact) mass is 512 g/mol. The van der Waals surface area contributed by atoms with E-state index in [1.807, 2.05) is 38.1 Å². The van der Waals surface area contributed by atoms with Crippen molar-refractivity contribution in [2.24, 2.45) is 10.9 Å². The predicted octanol–water partition coefficient (Wildman–Crippen LogP) is 2.25. The molecule has 0 amide bonds. The lowest BCUT2D eigenvalue weighted by molar-refractivity contribution is -0.902. The van der Waals surface area contributed by atoms with E-state index in [-0.39, 0.29) is 29.1 Å². The van der Waals surface area contributed by atoms with Gasteiger partial charge in [0.15, 0.2) is 11.6 Å². The number of hydrogen-bond donors (Lipinski definition) is 1. The summed E-state index contributed by atoms with van der Waals surface area (Å²) in [6.07, 6.45) is 2.32. The number of quaternary nitrogens is 1. The third-order valence-electron chi connectivity index (χ3n) is 8.16. The number of rotatable bonds is 6. The number of aliphatic imine (C=N–C) groups is 1. The number of nitrogens with zero attached hydrogens (tertiary/aromatic N) is 2. The van der Waals surface area contributed by atoms with Gasteiger partial charge in [-0.1, -0.05) is 54.1 Å². The summed E-state index contributed by atoms with van der Waals surface area (Å²) in [4.78, 5) is 59.0. The summed E-state index contributed by atoms with van der Waals surface area (Å²) in [6.45, 7) is 8.51. The Labute approximate surface area is 223 Å². The summed E-state index contributed by atoms with van der Waals surface area (Å²) in [7, 11) is 0. The van der Waals surface area contributed by atoms with Gasteiger partial charge >= 0.3 is 0 Å². The van der Waals surface area contributed by atoms with Gasteiger partial charge in [0, 0.05) is 35.9 Å². The molecule has 5 rings (SSSR count). The lowest BCUT2D eigenvalue weighted by Gasteiger charge is -2.34. The van der Waals surface area contributed by atoms with Crippen molar-refractivity contribution in [3.8, 4) is 0 Å². The third-order valence-corrected chi connectivity index (χ3v) is 8.16. The summed E-state index contributed by atoms with van der Waals surface area (Å²) >= 11 is 0. The second kappa shape index (κ2) is 11.0.